The molecule has 1 amide bonds. The van der Waals surface area contributed by atoms with Crippen LogP contribution in [0.25, 0.3) is 0 Å². The first kappa shape index (κ1) is 15.7. The first-order valence-corrected chi connectivity index (χ1v) is 7.47. The lowest BCUT2D eigenvalue weighted by molar-refractivity contribution is 0.102. The van der Waals surface area contributed by atoms with E-state index in [9.17, 15) is 9.18 Å². The predicted octanol–water partition coefficient (Wildman–Crippen LogP) is 4.53. The number of carbonyl (C=O) groups is 1. The number of pyridine rings is 1. The van der Waals surface area contributed by atoms with Crippen molar-refractivity contribution in [3.8, 4) is 0 Å². The first-order chi connectivity index (χ1) is 11.6. The van der Waals surface area contributed by atoms with Crippen LogP contribution in [0.15, 0.2) is 66.9 Å². The van der Waals surface area contributed by atoms with Crippen LogP contribution in [-0.4, -0.2) is 10.9 Å². The molecule has 0 saturated carbocycles. The fraction of sp³-hybridized carbons (Fsp3) is 0.0526. The van der Waals surface area contributed by atoms with Gasteiger partial charge in [-0.2, -0.15) is 0 Å². The van der Waals surface area contributed by atoms with Crippen LogP contribution < -0.4 is 10.6 Å². The first-order valence-electron chi connectivity index (χ1n) is 7.47. The largest absolute Gasteiger partial charge is 0.355 e. The summed E-state index contributed by atoms with van der Waals surface area (Å²) in [4.78, 5) is 16.4. The summed E-state index contributed by atoms with van der Waals surface area (Å²) in [5.41, 5.74) is 3.63. The van der Waals surface area contributed by atoms with Gasteiger partial charge >= 0.3 is 0 Å². The van der Waals surface area contributed by atoms with Crippen molar-refractivity contribution >= 4 is 23.0 Å². The number of rotatable bonds is 4. The van der Waals surface area contributed by atoms with Crippen molar-refractivity contribution in [3.63, 3.8) is 0 Å². The average molecular weight is 321 g/mol. The van der Waals surface area contributed by atoms with Crippen molar-refractivity contribution < 1.29 is 9.18 Å². The highest BCUT2D eigenvalue weighted by molar-refractivity contribution is 6.03. The van der Waals surface area contributed by atoms with Crippen LogP contribution in [-0.2, 0) is 0 Å². The van der Waals surface area contributed by atoms with Crippen LogP contribution >= 0.6 is 0 Å². The normalized spacial score (nSPS) is 10.2. The summed E-state index contributed by atoms with van der Waals surface area (Å²) >= 11 is 0. The molecule has 5 heteroatoms. The molecule has 0 atom stereocenters. The van der Waals surface area contributed by atoms with E-state index in [1.54, 1.807) is 18.3 Å². The maximum Gasteiger partial charge on any atom is 0.274 e. The number of nitrogens with one attached hydrogen (secondary N) is 2. The number of nitrogens with zero attached hydrogens (tertiary/aromatic N) is 1. The molecule has 0 aliphatic heterocycles. The molecule has 0 radical (unpaired) electrons. The van der Waals surface area contributed by atoms with Crippen LogP contribution in [0.5, 0.6) is 0 Å². The topological polar surface area (TPSA) is 54.0 Å². The summed E-state index contributed by atoms with van der Waals surface area (Å²) in [6.45, 7) is 2.01. The number of halogens is 1. The molecule has 24 heavy (non-hydrogen) atoms. The van der Waals surface area contributed by atoms with Crippen molar-refractivity contribution in [1.82, 2.24) is 4.98 Å². The molecule has 0 aliphatic rings. The van der Waals surface area contributed by atoms with Gasteiger partial charge in [-0.3, -0.25) is 9.78 Å². The lowest BCUT2D eigenvalue weighted by atomic mass is 10.2. The molecule has 0 bridgehead atoms. The summed E-state index contributed by atoms with van der Waals surface area (Å²) < 4.78 is 12.9. The zero-order valence-corrected chi connectivity index (χ0v) is 13.1. The van der Waals surface area contributed by atoms with E-state index >= 15 is 0 Å². The molecular formula is C19H16FN3O. The van der Waals surface area contributed by atoms with Gasteiger partial charge in [-0.15, -0.1) is 0 Å². The molecule has 4 nitrogen and oxygen atoms in total. The minimum atomic E-state index is -0.352. The standard InChI is InChI=1S/C19H16FN3O/c1-13-4-2-3-5-17(13)22-16-10-11-21-18(12-16)19(24)23-15-8-6-14(20)7-9-15/h2-12H,1H3,(H,21,22)(H,23,24). The Morgan fingerprint density at radius 3 is 2.50 bits per heavy atom. The highest BCUT2D eigenvalue weighted by Gasteiger charge is 2.09. The number of hydrogen-bond donors (Lipinski definition) is 2. The highest BCUT2D eigenvalue weighted by atomic mass is 19.1. The summed E-state index contributed by atoms with van der Waals surface area (Å²) in [5.74, 6) is -0.703. The van der Waals surface area contributed by atoms with Crippen LogP contribution in [0.1, 0.15) is 16.1 Å². The Kier molecular flexibility index (Phi) is 4.52. The Hall–Kier alpha value is -3.21. The second-order valence-corrected chi connectivity index (χ2v) is 5.33. The van der Waals surface area contributed by atoms with Crippen molar-refractivity contribution in [2.45, 2.75) is 6.92 Å². The van der Waals surface area contributed by atoms with Crippen LogP contribution in [0.3, 0.4) is 0 Å². The van der Waals surface area contributed by atoms with Crippen LogP contribution in [0.2, 0.25) is 0 Å². The zero-order chi connectivity index (χ0) is 16.9. The number of amides is 1. The summed E-state index contributed by atoms with van der Waals surface area (Å²) in [6, 6.07) is 16.9. The predicted molar refractivity (Wildman–Crippen MR) is 93.1 cm³/mol. The van der Waals surface area contributed by atoms with E-state index in [4.69, 9.17) is 0 Å². The van der Waals surface area contributed by atoms with Gasteiger partial charge in [-0.1, -0.05) is 18.2 Å². The number of anilines is 3. The van der Waals surface area contributed by atoms with Crippen molar-refractivity contribution in [3.05, 3.63) is 83.9 Å². The van der Waals surface area contributed by atoms with E-state index in [0.717, 1.165) is 16.9 Å². The molecule has 3 rings (SSSR count). The third-order valence-electron chi connectivity index (χ3n) is 3.52. The van der Waals surface area contributed by atoms with Gasteiger partial charge in [-0.05, 0) is 55.0 Å². The second kappa shape index (κ2) is 6.91. The third-order valence-corrected chi connectivity index (χ3v) is 3.52. The number of aryl methyl sites for hydroxylation is 1. The molecule has 0 saturated heterocycles. The molecule has 0 fully saturated rings. The number of carbonyl (C=O) groups excluding carboxylic acids is 1. The van der Waals surface area contributed by atoms with E-state index in [1.807, 2.05) is 31.2 Å². The molecule has 1 heterocycles. The lowest BCUT2D eigenvalue weighted by Gasteiger charge is -2.10. The van der Waals surface area contributed by atoms with Crippen molar-refractivity contribution in [1.29, 1.82) is 0 Å². The quantitative estimate of drug-likeness (QED) is 0.742. The van der Waals surface area contributed by atoms with Gasteiger partial charge < -0.3 is 10.6 Å². The SMILES string of the molecule is Cc1ccccc1Nc1ccnc(C(=O)Nc2ccc(F)cc2)c1. The molecule has 0 unspecified atom stereocenters. The lowest BCUT2D eigenvalue weighted by Crippen LogP contribution is -2.13. The molecule has 0 spiro atoms. The Morgan fingerprint density at radius 2 is 1.75 bits per heavy atom. The smallest absolute Gasteiger partial charge is 0.274 e. The second-order valence-electron chi connectivity index (χ2n) is 5.33. The molecule has 0 aliphatic carbocycles. The van der Waals surface area contributed by atoms with Crippen LogP contribution in [0, 0.1) is 12.7 Å². The minimum absolute atomic E-state index is 0.276. The van der Waals surface area contributed by atoms with E-state index in [1.165, 1.54) is 24.3 Å². The summed E-state index contributed by atoms with van der Waals surface area (Å²) in [5, 5.41) is 5.96. The van der Waals surface area contributed by atoms with E-state index < -0.39 is 0 Å². The molecule has 120 valence electrons. The molecular weight excluding hydrogens is 305 g/mol. The fourth-order valence-electron chi connectivity index (χ4n) is 2.23. The summed E-state index contributed by atoms with van der Waals surface area (Å²) in [6.07, 6.45) is 1.57. The molecule has 3 aromatic rings. The molecule has 2 N–H and O–H groups in total. The number of hydrogen-bond acceptors (Lipinski definition) is 3. The van der Waals surface area contributed by atoms with E-state index in [0.29, 0.717) is 5.69 Å². The van der Waals surface area contributed by atoms with E-state index in [-0.39, 0.29) is 17.4 Å². The number of aromatic nitrogens is 1. The summed E-state index contributed by atoms with van der Waals surface area (Å²) in [7, 11) is 0. The maximum absolute atomic E-state index is 12.9. The van der Waals surface area contributed by atoms with Crippen molar-refractivity contribution in [2.24, 2.45) is 0 Å². The maximum atomic E-state index is 12.9. The monoisotopic (exact) mass is 321 g/mol. The van der Waals surface area contributed by atoms with Gasteiger partial charge in [0.2, 0.25) is 0 Å². The average Bonchev–Trinajstić information content (AvgIpc) is 2.59. The molecule has 1 aromatic heterocycles. The Morgan fingerprint density at radius 1 is 1.00 bits per heavy atom. The van der Waals surface area contributed by atoms with Gasteiger partial charge in [0.1, 0.15) is 11.5 Å². The van der Waals surface area contributed by atoms with Gasteiger partial charge in [0.25, 0.3) is 5.91 Å². The van der Waals surface area contributed by atoms with Crippen molar-refractivity contribution in [2.75, 3.05) is 10.6 Å². The van der Waals surface area contributed by atoms with Gasteiger partial charge in [0, 0.05) is 23.3 Å². The van der Waals surface area contributed by atoms with Gasteiger partial charge in [0.05, 0.1) is 0 Å². The van der Waals surface area contributed by atoms with Crippen LogP contribution in [0.4, 0.5) is 21.5 Å². The minimum Gasteiger partial charge on any atom is -0.355 e. The van der Waals surface area contributed by atoms with Gasteiger partial charge in [0.15, 0.2) is 0 Å². The highest BCUT2D eigenvalue weighted by Crippen LogP contribution is 2.20. The van der Waals surface area contributed by atoms with Gasteiger partial charge in [-0.25, -0.2) is 4.39 Å². The Bertz CT molecular complexity index is 862. The fourth-order valence-corrected chi connectivity index (χ4v) is 2.23. The zero-order valence-electron chi connectivity index (χ0n) is 13.1. The Balaban J connectivity index is 1.76. The number of benzene rings is 2. The van der Waals surface area contributed by atoms with E-state index in [2.05, 4.69) is 15.6 Å². The third kappa shape index (κ3) is 3.76. The Labute approximate surface area is 139 Å². The number of para-hydroxylation sites is 1. The molecule has 2 aromatic carbocycles.